The van der Waals surface area contributed by atoms with Crippen LogP contribution in [0.5, 0.6) is 17.2 Å². The second-order valence-corrected chi connectivity index (χ2v) is 5.91. The average molecular weight is 363 g/mol. The lowest BCUT2D eigenvalue weighted by Gasteiger charge is -1.99. The van der Waals surface area contributed by atoms with Crippen LogP contribution in [-0.2, 0) is 0 Å². The Morgan fingerprint density at radius 3 is 2.26 bits per heavy atom. The van der Waals surface area contributed by atoms with Gasteiger partial charge in [0.25, 0.3) is 0 Å². The van der Waals surface area contributed by atoms with Crippen molar-refractivity contribution in [3.05, 3.63) is 83.4 Å². The van der Waals surface area contributed by atoms with Crippen LogP contribution < -0.4 is 0 Å². The molecule has 5 nitrogen and oxygen atoms in total. The van der Waals surface area contributed by atoms with E-state index in [0.717, 1.165) is 17.3 Å². The van der Waals surface area contributed by atoms with Gasteiger partial charge in [-0.1, -0.05) is 24.3 Å². The molecule has 0 aliphatic rings. The molecule has 0 spiro atoms. The number of aromatic hydroxyl groups is 3. The standard InChI is InChI=1S/C14H13NO.C8H8O3/c1-11-5-4-7-13(9-11)15-10-12-6-2-3-8-14(12)16;1-5(9)7-3-2-6(10)4-8(7)11/h2-10,16H,1H3;2-4,10-11H,1H3. The van der Waals surface area contributed by atoms with Gasteiger partial charge in [-0.3, -0.25) is 9.79 Å². The Hall–Kier alpha value is -3.60. The van der Waals surface area contributed by atoms with Crippen molar-refractivity contribution < 1.29 is 20.1 Å². The first kappa shape index (κ1) is 19.7. The van der Waals surface area contributed by atoms with Crippen molar-refractivity contribution in [1.29, 1.82) is 0 Å². The van der Waals surface area contributed by atoms with E-state index in [4.69, 9.17) is 10.2 Å². The summed E-state index contributed by atoms with van der Waals surface area (Å²) in [5.41, 5.74) is 3.02. The molecule has 3 rings (SSSR count). The van der Waals surface area contributed by atoms with Gasteiger partial charge in [0.05, 0.1) is 11.3 Å². The first-order chi connectivity index (χ1) is 12.9. The summed E-state index contributed by atoms with van der Waals surface area (Å²) in [6, 6.07) is 18.9. The molecule has 0 aliphatic heterocycles. The minimum Gasteiger partial charge on any atom is -0.508 e. The summed E-state index contributed by atoms with van der Waals surface area (Å²) in [5, 5.41) is 27.5. The number of aryl methyl sites for hydroxylation is 1. The van der Waals surface area contributed by atoms with Gasteiger partial charge in [-0.15, -0.1) is 0 Å². The van der Waals surface area contributed by atoms with E-state index in [1.165, 1.54) is 24.6 Å². The zero-order chi connectivity index (χ0) is 19.8. The molecule has 0 aliphatic carbocycles. The molecule has 0 aromatic heterocycles. The second-order valence-electron chi connectivity index (χ2n) is 5.91. The number of carbonyl (C=O) groups excluding carboxylic acids is 1. The third kappa shape index (κ3) is 6.01. The molecule has 3 aromatic rings. The van der Waals surface area contributed by atoms with Crippen LogP contribution in [0.3, 0.4) is 0 Å². The van der Waals surface area contributed by atoms with Crippen molar-refractivity contribution in [2.45, 2.75) is 13.8 Å². The lowest BCUT2D eigenvalue weighted by atomic mass is 10.1. The van der Waals surface area contributed by atoms with Crippen molar-refractivity contribution in [3.63, 3.8) is 0 Å². The van der Waals surface area contributed by atoms with Crippen LogP contribution in [0.4, 0.5) is 5.69 Å². The van der Waals surface area contributed by atoms with E-state index in [1.807, 2.05) is 43.3 Å². The van der Waals surface area contributed by atoms with E-state index in [9.17, 15) is 9.90 Å². The highest BCUT2D eigenvalue weighted by atomic mass is 16.3. The summed E-state index contributed by atoms with van der Waals surface area (Å²) in [4.78, 5) is 15.0. The number of rotatable bonds is 3. The molecular weight excluding hydrogens is 342 g/mol. The largest absolute Gasteiger partial charge is 0.508 e. The predicted octanol–water partition coefficient (Wildman–Crippen LogP) is 4.75. The summed E-state index contributed by atoms with van der Waals surface area (Å²) in [7, 11) is 0. The second kappa shape index (κ2) is 9.20. The summed E-state index contributed by atoms with van der Waals surface area (Å²) < 4.78 is 0. The van der Waals surface area contributed by atoms with Gasteiger partial charge in [0.2, 0.25) is 0 Å². The number of benzene rings is 3. The van der Waals surface area contributed by atoms with Gasteiger partial charge in [-0.05, 0) is 55.8 Å². The van der Waals surface area contributed by atoms with E-state index in [0.29, 0.717) is 0 Å². The molecule has 0 unspecified atom stereocenters. The van der Waals surface area contributed by atoms with E-state index in [2.05, 4.69) is 4.99 Å². The van der Waals surface area contributed by atoms with Crippen molar-refractivity contribution in [2.24, 2.45) is 4.99 Å². The normalized spacial score (nSPS) is 10.3. The minimum absolute atomic E-state index is 0.0486. The topological polar surface area (TPSA) is 90.1 Å². The molecule has 138 valence electrons. The number of carbonyl (C=O) groups is 1. The highest BCUT2D eigenvalue weighted by molar-refractivity contribution is 5.96. The molecule has 3 aromatic carbocycles. The third-order valence-corrected chi connectivity index (χ3v) is 3.65. The number of aliphatic imine (C=N–C) groups is 1. The van der Waals surface area contributed by atoms with Crippen LogP contribution in [0.2, 0.25) is 0 Å². The lowest BCUT2D eigenvalue weighted by molar-refractivity contribution is 0.101. The highest BCUT2D eigenvalue weighted by Gasteiger charge is 2.05. The Bertz CT molecular complexity index is 964. The van der Waals surface area contributed by atoms with Crippen LogP contribution in [0.15, 0.2) is 71.7 Å². The van der Waals surface area contributed by atoms with Crippen LogP contribution in [0, 0.1) is 6.92 Å². The summed E-state index contributed by atoms with van der Waals surface area (Å²) >= 11 is 0. The number of para-hydroxylation sites is 1. The van der Waals surface area contributed by atoms with E-state index in [-0.39, 0.29) is 28.6 Å². The summed E-state index contributed by atoms with van der Waals surface area (Å²) in [5.74, 6) is -0.202. The summed E-state index contributed by atoms with van der Waals surface area (Å²) in [6.45, 7) is 3.38. The maximum atomic E-state index is 10.7. The fourth-order valence-corrected chi connectivity index (χ4v) is 2.27. The van der Waals surface area contributed by atoms with Gasteiger partial charge >= 0.3 is 0 Å². The molecule has 3 N–H and O–H groups in total. The number of nitrogens with zero attached hydrogens (tertiary/aromatic N) is 1. The first-order valence-corrected chi connectivity index (χ1v) is 8.28. The first-order valence-electron chi connectivity index (χ1n) is 8.28. The Morgan fingerprint density at radius 1 is 0.889 bits per heavy atom. The molecule has 27 heavy (non-hydrogen) atoms. The fraction of sp³-hybridized carbons (Fsp3) is 0.0909. The molecule has 0 atom stereocenters. The van der Waals surface area contributed by atoms with Gasteiger partial charge < -0.3 is 15.3 Å². The van der Waals surface area contributed by atoms with Crippen LogP contribution >= 0.6 is 0 Å². The SMILES string of the molecule is CC(=O)c1ccc(O)cc1O.Cc1cccc(N=Cc2ccccc2O)c1. The van der Waals surface area contributed by atoms with Gasteiger partial charge in [-0.2, -0.15) is 0 Å². The number of hydrogen-bond donors (Lipinski definition) is 3. The molecule has 0 radical (unpaired) electrons. The molecule has 0 saturated heterocycles. The van der Waals surface area contributed by atoms with Gasteiger partial charge in [-0.25, -0.2) is 0 Å². The molecule has 0 fully saturated rings. The fourth-order valence-electron chi connectivity index (χ4n) is 2.27. The monoisotopic (exact) mass is 363 g/mol. The van der Waals surface area contributed by atoms with Crippen molar-refractivity contribution in [1.82, 2.24) is 0 Å². The number of phenolic OH excluding ortho intramolecular Hbond substituents is 3. The predicted molar refractivity (Wildman–Crippen MR) is 106 cm³/mol. The van der Waals surface area contributed by atoms with Gasteiger partial charge in [0.15, 0.2) is 5.78 Å². The quantitative estimate of drug-likeness (QED) is 0.463. The third-order valence-electron chi connectivity index (χ3n) is 3.65. The number of hydrogen-bond acceptors (Lipinski definition) is 5. The number of Topliss-reactive ketones (excluding diaryl/α,β-unsaturated/α-hetero) is 1. The smallest absolute Gasteiger partial charge is 0.163 e. The molecule has 5 heteroatoms. The average Bonchev–Trinajstić information content (AvgIpc) is 2.61. The van der Waals surface area contributed by atoms with Crippen LogP contribution in [-0.4, -0.2) is 27.3 Å². The molecule has 0 saturated carbocycles. The van der Waals surface area contributed by atoms with E-state index >= 15 is 0 Å². The lowest BCUT2D eigenvalue weighted by Crippen LogP contribution is -1.91. The van der Waals surface area contributed by atoms with Crippen molar-refractivity contribution in [2.75, 3.05) is 0 Å². The van der Waals surface area contributed by atoms with E-state index in [1.54, 1.807) is 18.3 Å². The molecule has 0 amide bonds. The zero-order valence-electron chi connectivity index (χ0n) is 15.1. The van der Waals surface area contributed by atoms with Crippen molar-refractivity contribution >= 4 is 17.7 Å². The highest BCUT2D eigenvalue weighted by Crippen LogP contribution is 2.22. The summed E-state index contributed by atoms with van der Waals surface area (Å²) in [6.07, 6.45) is 1.67. The van der Waals surface area contributed by atoms with E-state index < -0.39 is 0 Å². The Balaban J connectivity index is 0.000000208. The minimum atomic E-state index is -0.220. The Labute approximate surface area is 157 Å². The van der Waals surface area contributed by atoms with Crippen LogP contribution in [0.1, 0.15) is 28.4 Å². The maximum absolute atomic E-state index is 10.7. The van der Waals surface area contributed by atoms with Gasteiger partial charge in [0, 0.05) is 17.8 Å². The van der Waals surface area contributed by atoms with Gasteiger partial charge in [0.1, 0.15) is 17.2 Å². The number of ketones is 1. The van der Waals surface area contributed by atoms with Crippen LogP contribution in [0.25, 0.3) is 0 Å². The molecule has 0 bridgehead atoms. The molecular formula is C22H21NO4. The Morgan fingerprint density at radius 2 is 1.63 bits per heavy atom. The Kier molecular flexibility index (Phi) is 6.72. The number of phenols is 3. The molecule has 0 heterocycles. The van der Waals surface area contributed by atoms with Crippen molar-refractivity contribution in [3.8, 4) is 17.2 Å². The maximum Gasteiger partial charge on any atom is 0.163 e. The zero-order valence-corrected chi connectivity index (χ0v) is 15.1.